The summed E-state index contributed by atoms with van der Waals surface area (Å²) in [5, 5.41) is 7.54. The van der Waals surface area contributed by atoms with Gasteiger partial charge in [-0.2, -0.15) is 0 Å². The SMILES string of the molecule is COc1ccc(C2CC(=O)C3=C(C2)Nc2onc(C)c2C3c2ccccc2)cc1OC. The number of methoxy groups -OCH3 is 2. The second-order valence-corrected chi connectivity index (χ2v) is 8.01. The third-order valence-electron chi connectivity index (χ3n) is 6.27. The summed E-state index contributed by atoms with van der Waals surface area (Å²) in [6.07, 6.45) is 1.15. The summed E-state index contributed by atoms with van der Waals surface area (Å²) in [4.78, 5) is 13.5. The van der Waals surface area contributed by atoms with Crippen molar-refractivity contribution >= 4 is 11.7 Å². The van der Waals surface area contributed by atoms with Crippen LogP contribution in [-0.4, -0.2) is 25.2 Å². The lowest BCUT2D eigenvalue weighted by Gasteiger charge is -2.34. The Bertz CT molecular complexity index is 1180. The lowest BCUT2D eigenvalue weighted by atomic mass is 9.72. The molecule has 158 valence electrons. The van der Waals surface area contributed by atoms with E-state index in [2.05, 4.69) is 22.6 Å². The molecule has 6 heteroatoms. The third kappa shape index (κ3) is 3.19. The van der Waals surface area contributed by atoms with Crippen LogP contribution in [-0.2, 0) is 4.79 Å². The van der Waals surface area contributed by atoms with Gasteiger partial charge in [-0.25, -0.2) is 0 Å². The Balaban J connectivity index is 1.57. The largest absolute Gasteiger partial charge is 0.493 e. The van der Waals surface area contributed by atoms with Gasteiger partial charge in [-0.05, 0) is 42.5 Å². The maximum atomic E-state index is 13.5. The fourth-order valence-corrected chi connectivity index (χ4v) is 4.79. The van der Waals surface area contributed by atoms with E-state index < -0.39 is 0 Å². The summed E-state index contributed by atoms with van der Waals surface area (Å²) in [7, 11) is 3.24. The first-order chi connectivity index (χ1) is 15.1. The zero-order valence-electron chi connectivity index (χ0n) is 17.8. The number of aryl methyl sites for hydroxylation is 1. The number of Topliss-reactive ketones (excluding diaryl/α,β-unsaturated/α-hetero) is 1. The Morgan fingerprint density at radius 1 is 1.00 bits per heavy atom. The number of allylic oxidation sites excluding steroid dienone is 2. The molecule has 2 aromatic carbocycles. The lowest BCUT2D eigenvalue weighted by molar-refractivity contribution is -0.116. The number of rotatable bonds is 4. The number of ether oxygens (including phenoxy) is 2. The van der Waals surface area contributed by atoms with Gasteiger partial charge in [0.15, 0.2) is 17.3 Å². The summed E-state index contributed by atoms with van der Waals surface area (Å²) < 4.78 is 16.4. The van der Waals surface area contributed by atoms with Crippen molar-refractivity contribution in [3.05, 3.63) is 82.2 Å². The van der Waals surface area contributed by atoms with Crippen LogP contribution in [0.5, 0.6) is 11.5 Å². The minimum absolute atomic E-state index is 0.0422. The molecule has 2 atom stereocenters. The molecule has 2 aliphatic rings. The average Bonchev–Trinajstić information content (AvgIpc) is 3.17. The maximum Gasteiger partial charge on any atom is 0.233 e. The van der Waals surface area contributed by atoms with Gasteiger partial charge in [0, 0.05) is 23.6 Å². The van der Waals surface area contributed by atoms with E-state index in [1.807, 2.05) is 43.3 Å². The number of carbonyl (C=O) groups is 1. The van der Waals surface area contributed by atoms with Gasteiger partial charge in [-0.1, -0.05) is 41.6 Å². The number of hydrogen-bond acceptors (Lipinski definition) is 6. The molecule has 3 aromatic rings. The fraction of sp³-hybridized carbons (Fsp3) is 0.280. The Kier molecular flexibility index (Phi) is 4.77. The Hall–Kier alpha value is -3.54. The van der Waals surface area contributed by atoms with Crippen LogP contribution in [0.15, 0.2) is 64.3 Å². The Morgan fingerprint density at radius 2 is 1.77 bits per heavy atom. The molecule has 2 heterocycles. The van der Waals surface area contributed by atoms with Gasteiger partial charge < -0.3 is 19.3 Å². The first kappa shape index (κ1) is 19.4. The minimum atomic E-state index is -0.169. The summed E-state index contributed by atoms with van der Waals surface area (Å²) in [6, 6.07) is 16.0. The highest BCUT2D eigenvalue weighted by molar-refractivity contribution is 6.01. The lowest BCUT2D eigenvalue weighted by Crippen LogP contribution is -2.29. The summed E-state index contributed by atoms with van der Waals surface area (Å²) in [6.45, 7) is 1.92. The van der Waals surface area contributed by atoms with Crippen LogP contribution >= 0.6 is 0 Å². The molecule has 0 amide bonds. The molecular formula is C25H24N2O4. The number of ketones is 1. The summed E-state index contributed by atoms with van der Waals surface area (Å²) >= 11 is 0. The molecule has 0 bridgehead atoms. The highest BCUT2D eigenvalue weighted by Gasteiger charge is 2.41. The van der Waals surface area contributed by atoms with Crippen molar-refractivity contribution < 1.29 is 18.8 Å². The van der Waals surface area contributed by atoms with E-state index in [-0.39, 0.29) is 17.6 Å². The van der Waals surface area contributed by atoms with Gasteiger partial charge in [-0.3, -0.25) is 4.79 Å². The monoisotopic (exact) mass is 416 g/mol. The number of nitrogens with zero attached hydrogens (tertiary/aromatic N) is 1. The van der Waals surface area contributed by atoms with Crippen LogP contribution in [0, 0.1) is 6.92 Å². The van der Waals surface area contributed by atoms with E-state index in [9.17, 15) is 4.79 Å². The molecule has 2 unspecified atom stereocenters. The van der Waals surface area contributed by atoms with Crippen molar-refractivity contribution in [3.8, 4) is 11.5 Å². The highest BCUT2D eigenvalue weighted by atomic mass is 16.5. The molecule has 0 radical (unpaired) electrons. The molecule has 5 rings (SSSR count). The number of anilines is 1. The zero-order chi connectivity index (χ0) is 21.5. The van der Waals surface area contributed by atoms with Crippen LogP contribution in [0.25, 0.3) is 0 Å². The standard InChI is InChI=1S/C25H24N2O4/c1-14-22-23(15-7-5-4-6-8-15)24-18(26-25(22)31-27-14)11-17(12-19(24)28)16-9-10-20(29-2)21(13-16)30-3/h4-10,13,17,23,26H,11-12H2,1-3H3. The molecule has 6 nitrogen and oxygen atoms in total. The summed E-state index contributed by atoms with van der Waals surface area (Å²) in [5.74, 6) is 1.99. The van der Waals surface area contributed by atoms with E-state index >= 15 is 0 Å². The van der Waals surface area contributed by atoms with Crippen LogP contribution in [0.4, 0.5) is 5.88 Å². The van der Waals surface area contributed by atoms with Crippen LogP contribution < -0.4 is 14.8 Å². The smallest absolute Gasteiger partial charge is 0.233 e. The quantitative estimate of drug-likeness (QED) is 0.648. The van der Waals surface area contributed by atoms with E-state index in [4.69, 9.17) is 14.0 Å². The number of aromatic nitrogens is 1. The minimum Gasteiger partial charge on any atom is -0.493 e. The number of fused-ring (bicyclic) bond motifs is 1. The van der Waals surface area contributed by atoms with Crippen LogP contribution in [0.2, 0.25) is 0 Å². The molecule has 0 saturated heterocycles. The van der Waals surface area contributed by atoms with Gasteiger partial charge in [0.1, 0.15) is 0 Å². The van der Waals surface area contributed by atoms with Crippen molar-refractivity contribution in [1.29, 1.82) is 0 Å². The molecule has 31 heavy (non-hydrogen) atoms. The number of nitrogens with one attached hydrogen (secondary N) is 1. The van der Waals surface area contributed by atoms with Crippen molar-refractivity contribution in [2.45, 2.75) is 31.6 Å². The molecule has 1 aromatic heterocycles. The number of hydrogen-bond donors (Lipinski definition) is 1. The second-order valence-electron chi connectivity index (χ2n) is 8.01. The second kappa shape index (κ2) is 7.61. The van der Waals surface area contributed by atoms with Gasteiger partial charge in [0.2, 0.25) is 5.88 Å². The van der Waals surface area contributed by atoms with Crippen molar-refractivity contribution in [3.63, 3.8) is 0 Å². The van der Waals surface area contributed by atoms with Gasteiger partial charge >= 0.3 is 0 Å². The van der Waals surface area contributed by atoms with E-state index in [0.29, 0.717) is 30.2 Å². The first-order valence-corrected chi connectivity index (χ1v) is 10.4. The number of carbonyl (C=O) groups excluding carboxylic acids is 1. The van der Waals surface area contributed by atoms with Crippen LogP contribution in [0.3, 0.4) is 0 Å². The molecular weight excluding hydrogens is 392 g/mol. The van der Waals surface area contributed by atoms with E-state index in [1.54, 1.807) is 14.2 Å². The predicted octanol–water partition coefficient (Wildman–Crippen LogP) is 4.96. The van der Waals surface area contributed by atoms with Crippen molar-refractivity contribution in [2.75, 3.05) is 19.5 Å². The zero-order valence-corrected chi connectivity index (χ0v) is 17.8. The van der Waals surface area contributed by atoms with E-state index in [1.165, 1.54) is 0 Å². The van der Waals surface area contributed by atoms with Gasteiger partial charge in [-0.15, -0.1) is 0 Å². The van der Waals surface area contributed by atoms with E-state index in [0.717, 1.165) is 33.7 Å². The molecule has 0 fully saturated rings. The highest BCUT2D eigenvalue weighted by Crippen LogP contribution is 2.49. The normalized spacial score (nSPS) is 20.0. The fourth-order valence-electron chi connectivity index (χ4n) is 4.79. The van der Waals surface area contributed by atoms with Crippen molar-refractivity contribution in [1.82, 2.24) is 5.16 Å². The van der Waals surface area contributed by atoms with Crippen molar-refractivity contribution in [2.24, 2.45) is 0 Å². The maximum absolute atomic E-state index is 13.5. The third-order valence-corrected chi connectivity index (χ3v) is 6.27. The topological polar surface area (TPSA) is 73.6 Å². The first-order valence-electron chi connectivity index (χ1n) is 10.4. The molecule has 1 aliphatic carbocycles. The average molecular weight is 416 g/mol. The Morgan fingerprint density at radius 3 is 2.52 bits per heavy atom. The molecule has 1 N–H and O–H groups in total. The summed E-state index contributed by atoms with van der Waals surface area (Å²) in [5.41, 5.74) is 5.60. The van der Waals surface area contributed by atoms with Gasteiger partial charge in [0.05, 0.1) is 25.5 Å². The molecule has 0 spiro atoms. The number of benzene rings is 2. The Labute approximate surface area is 180 Å². The predicted molar refractivity (Wildman–Crippen MR) is 117 cm³/mol. The molecule has 0 saturated carbocycles. The molecule has 1 aliphatic heterocycles. The van der Waals surface area contributed by atoms with Gasteiger partial charge in [0.25, 0.3) is 0 Å². The van der Waals surface area contributed by atoms with Crippen LogP contribution in [0.1, 0.15) is 47.1 Å².